The maximum absolute atomic E-state index is 12.1. The fourth-order valence-corrected chi connectivity index (χ4v) is 2.42. The largest absolute Gasteiger partial charge is 0.462 e. The predicted molar refractivity (Wildman–Crippen MR) is 105 cm³/mol. The third-order valence-corrected chi connectivity index (χ3v) is 3.78. The van der Waals surface area contributed by atoms with Gasteiger partial charge in [-0.05, 0) is 58.3 Å². The van der Waals surface area contributed by atoms with Crippen molar-refractivity contribution < 1.29 is 14.3 Å². The zero-order chi connectivity index (χ0) is 19.6. The van der Waals surface area contributed by atoms with E-state index in [1.165, 1.54) is 6.20 Å². The molecule has 1 heterocycles. The van der Waals surface area contributed by atoms with Crippen LogP contribution in [0.1, 0.15) is 34.1 Å². The molecule has 0 radical (unpaired) electrons. The Morgan fingerprint density at radius 2 is 1.93 bits per heavy atom. The van der Waals surface area contributed by atoms with Gasteiger partial charge in [0.15, 0.2) is 0 Å². The number of pyridine rings is 1. The van der Waals surface area contributed by atoms with Gasteiger partial charge in [-0.25, -0.2) is 9.78 Å². The lowest BCUT2D eigenvalue weighted by Gasteiger charge is -2.11. The van der Waals surface area contributed by atoms with Crippen molar-refractivity contribution in [3.63, 3.8) is 0 Å². The minimum absolute atomic E-state index is 0.153. The summed E-state index contributed by atoms with van der Waals surface area (Å²) in [7, 11) is 4.00. The average molecular weight is 370 g/mol. The van der Waals surface area contributed by atoms with E-state index in [0.717, 1.165) is 13.0 Å². The van der Waals surface area contributed by atoms with E-state index >= 15 is 0 Å². The molecule has 0 aliphatic carbocycles. The van der Waals surface area contributed by atoms with E-state index in [9.17, 15) is 9.59 Å². The van der Waals surface area contributed by atoms with Gasteiger partial charge in [0.05, 0.1) is 23.4 Å². The molecule has 2 aromatic rings. The number of carbonyl (C=O) groups excluding carboxylic acids is 2. The first-order chi connectivity index (χ1) is 13.0. The molecule has 0 aliphatic rings. The lowest BCUT2D eigenvalue weighted by atomic mass is 10.1. The highest BCUT2D eigenvalue weighted by molar-refractivity contribution is 5.96. The van der Waals surface area contributed by atoms with Gasteiger partial charge in [0.25, 0.3) is 5.91 Å². The van der Waals surface area contributed by atoms with Gasteiger partial charge in [-0.3, -0.25) is 4.79 Å². The second-order valence-electron chi connectivity index (χ2n) is 6.24. The minimum atomic E-state index is -0.394. The predicted octanol–water partition coefficient (Wildman–Crippen LogP) is 2.68. The molecule has 144 valence electrons. The van der Waals surface area contributed by atoms with Crippen molar-refractivity contribution in [3.8, 4) is 0 Å². The Bertz CT molecular complexity index is 760. The lowest BCUT2D eigenvalue weighted by molar-refractivity contribution is 0.0527. The highest BCUT2D eigenvalue weighted by atomic mass is 16.5. The van der Waals surface area contributed by atoms with Crippen LogP contribution in [0.2, 0.25) is 0 Å². The van der Waals surface area contributed by atoms with Crippen molar-refractivity contribution in [2.24, 2.45) is 0 Å². The van der Waals surface area contributed by atoms with Crippen LogP contribution in [-0.4, -0.2) is 55.6 Å². The summed E-state index contributed by atoms with van der Waals surface area (Å²) < 4.78 is 5.06. The topological polar surface area (TPSA) is 83.6 Å². The molecular formula is C20H26N4O3. The zero-order valence-corrected chi connectivity index (χ0v) is 16.0. The lowest BCUT2D eigenvalue weighted by Crippen LogP contribution is -2.27. The molecule has 0 fully saturated rings. The standard InChI is InChI=1S/C20H26N4O3/c1-4-27-20(26)16-8-5-6-9-17(16)23-18-11-10-15(14-22-18)19(25)21-12-7-13-24(2)3/h5-6,8-11,14H,4,7,12-13H2,1-3H3,(H,21,25)(H,22,23). The number of anilines is 2. The molecule has 0 saturated heterocycles. The van der Waals surface area contributed by atoms with Crippen LogP contribution in [-0.2, 0) is 4.74 Å². The summed E-state index contributed by atoms with van der Waals surface area (Å²) in [6.45, 7) is 3.61. The molecule has 0 spiro atoms. The van der Waals surface area contributed by atoms with E-state index in [0.29, 0.717) is 35.8 Å². The van der Waals surface area contributed by atoms with Gasteiger partial charge in [0, 0.05) is 12.7 Å². The number of para-hydroxylation sites is 1. The van der Waals surface area contributed by atoms with Crippen molar-refractivity contribution in [1.29, 1.82) is 0 Å². The minimum Gasteiger partial charge on any atom is -0.462 e. The van der Waals surface area contributed by atoms with E-state index in [4.69, 9.17) is 4.74 Å². The van der Waals surface area contributed by atoms with Crippen LogP contribution in [0.4, 0.5) is 11.5 Å². The molecule has 1 aromatic carbocycles. The molecule has 2 rings (SSSR count). The summed E-state index contributed by atoms with van der Waals surface area (Å²) in [4.78, 5) is 30.5. The van der Waals surface area contributed by atoms with Crippen LogP contribution in [0.25, 0.3) is 0 Å². The van der Waals surface area contributed by atoms with Gasteiger partial charge in [-0.1, -0.05) is 12.1 Å². The van der Waals surface area contributed by atoms with E-state index in [1.807, 2.05) is 20.2 Å². The molecule has 0 saturated carbocycles. The van der Waals surface area contributed by atoms with Crippen molar-refractivity contribution in [2.45, 2.75) is 13.3 Å². The number of benzene rings is 1. The second-order valence-corrected chi connectivity index (χ2v) is 6.24. The number of amides is 1. The average Bonchev–Trinajstić information content (AvgIpc) is 2.66. The monoisotopic (exact) mass is 370 g/mol. The van der Waals surface area contributed by atoms with Crippen LogP contribution in [0.5, 0.6) is 0 Å². The summed E-state index contributed by atoms with van der Waals surface area (Å²) in [6, 6.07) is 10.5. The normalized spacial score (nSPS) is 10.5. The molecule has 0 aliphatic heterocycles. The summed E-state index contributed by atoms with van der Waals surface area (Å²) in [5, 5.41) is 5.97. The Hall–Kier alpha value is -2.93. The number of carbonyl (C=O) groups is 2. The van der Waals surface area contributed by atoms with Gasteiger partial charge in [-0.2, -0.15) is 0 Å². The third kappa shape index (κ3) is 6.38. The first-order valence-electron chi connectivity index (χ1n) is 8.93. The Kier molecular flexibility index (Phi) is 7.76. The van der Waals surface area contributed by atoms with Crippen LogP contribution in [0.3, 0.4) is 0 Å². The number of nitrogens with one attached hydrogen (secondary N) is 2. The van der Waals surface area contributed by atoms with Crippen LogP contribution in [0, 0.1) is 0 Å². The van der Waals surface area contributed by atoms with E-state index in [1.54, 1.807) is 37.3 Å². The summed E-state index contributed by atoms with van der Waals surface area (Å²) in [5.74, 6) is -0.00930. The van der Waals surface area contributed by atoms with Crippen LogP contribution in [0.15, 0.2) is 42.6 Å². The van der Waals surface area contributed by atoms with E-state index in [-0.39, 0.29) is 5.91 Å². The first-order valence-corrected chi connectivity index (χ1v) is 8.93. The van der Waals surface area contributed by atoms with Crippen molar-refractivity contribution >= 4 is 23.4 Å². The van der Waals surface area contributed by atoms with E-state index < -0.39 is 5.97 Å². The smallest absolute Gasteiger partial charge is 0.340 e. The van der Waals surface area contributed by atoms with Crippen molar-refractivity contribution in [2.75, 3.05) is 39.1 Å². The SMILES string of the molecule is CCOC(=O)c1ccccc1Nc1ccc(C(=O)NCCCN(C)C)cn1. The summed E-state index contributed by atoms with van der Waals surface area (Å²) in [6.07, 6.45) is 2.40. The van der Waals surface area contributed by atoms with Gasteiger partial charge in [0.2, 0.25) is 0 Å². The highest BCUT2D eigenvalue weighted by Gasteiger charge is 2.12. The molecule has 0 unspecified atom stereocenters. The fraction of sp³-hybridized carbons (Fsp3) is 0.350. The number of rotatable bonds is 9. The number of hydrogen-bond acceptors (Lipinski definition) is 6. The van der Waals surface area contributed by atoms with Crippen molar-refractivity contribution in [3.05, 3.63) is 53.7 Å². The molecule has 0 bridgehead atoms. The quantitative estimate of drug-likeness (QED) is 0.522. The molecule has 1 amide bonds. The molecule has 0 atom stereocenters. The Morgan fingerprint density at radius 1 is 1.15 bits per heavy atom. The van der Waals surface area contributed by atoms with Crippen LogP contribution < -0.4 is 10.6 Å². The maximum atomic E-state index is 12.1. The molecule has 1 aromatic heterocycles. The Morgan fingerprint density at radius 3 is 2.59 bits per heavy atom. The molecule has 7 nitrogen and oxygen atoms in total. The number of nitrogens with zero attached hydrogens (tertiary/aromatic N) is 2. The first kappa shape index (κ1) is 20.4. The van der Waals surface area contributed by atoms with Gasteiger partial charge in [-0.15, -0.1) is 0 Å². The molecule has 2 N–H and O–H groups in total. The Labute approximate surface area is 159 Å². The third-order valence-electron chi connectivity index (χ3n) is 3.78. The molecule has 7 heteroatoms. The zero-order valence-electron chi connectivity index (χ0n) is 16.0. The van der Waals surface area contributed by atoms with Crippen molar-refractivity contribution in [1.82, 2.24) is 15.2 Å². The Balaban J connectivity index is 1.98. The summed E-state index contributed by atoms with van der Waals surface area (Å²) >= 11 is 0. The van der Waals surface area contributed by atoms with Crippen LogP contribution >= 0.6 is 0 Å². The van der Waals surface area contributed by atoms with E-state index in [2.05, 4.69) is 20.5 Å². The number of ether oxygens (including phenoxy) is 1. The number of esters is 1. The highest BCUT2D eigenvalue weighted by Crippen LogP contribution is 2.20. The number of hydrogen-bond donors (Lipinski definition) is 2. The van der Waals surface area contributed by atoms with Gasteiger partial charge < -0.3 is 20.3 Å². The fourth-order valence-electron chi connectivity index (χ4n) is 2.42. The van der Waals surface area contributed by atoms with Gasteiger partial charge in [0.1, 0.15) is 5.82 Å². The number of aromatic nitrogens is 1. The van der Waals surface area contributed by atoms with Gasteiger partial charge >= 0.3 is 5.97 Å². The summed E-state index contributed by atoms with van der Waals surface area (Å²) in [5.41, 5.74) is 1.53. The maximum Gasteiger partial charge on any atom is 0.340 e. The molecular weight excluding hydrogens is 344 g/mol. The second kappa shape index (κ2) is 10.3. The molecule has 27 heavy (non-hydrogen) atoms.